The minimum atomic E-state index is -0.146. The number of anilines is 3. The number of hydrogen-bond donors (Lipinski definition) is 3. The molecule has 0 aliphatic heterocycles. The molecule has 0 aliphatic rings. The molecule has 0 atom stereocenters. The van der Waals surface area contributed by atoms with Gasteiger partial charge in [0.2, 0.25) is 0 Å². The third-order valence-corrected chi connectivity index (χ3v) is 3.79. The van der Waals surface area contributed by atoms with Crippen LogP contribution in [0.4, 0.5) is 22.7 Å². The molecule has 23 heavy (non-hydrogen) atoms. The first-order chi connectivity index (χ1) is 11.0. The standard InChI is InChI=1S/C15H13ClN6O/c1-22-7-19-11-4-2-8(6-9(11)15(22)23)20-14-10(16)3-5-12(21-18)13(14)17/h2-7,18,20H,17H2,1H3. The van der Waals surface area contributed by atoms with E-state index in [1.807, 2.05) is 0 Å². The van der Waals surface area contributed by atoms with Gasteiger partial charge >= 0.3 is 0 Å². The smallest absolute Gasteiger partial charge is 0.260 e. The van der Waals surface area contributed by atoms with Crippen LogP contribution in [-0.4, -0.2) is 9.55 Å². The van der Waals surface area contributed by atoms with E-state index >= 15 is 0 Å². The number of rotatable bonds is 3. The molecule has 0 aliphatic carbocycles. The maximum Gasteiger partial charge on any atom is 0.260 e. The first-order valence-corrected chi connectivity index (χ1v) is 7.07. The van der Waals surface area contributed by atoms with Crippen LogP contribution in [0, 0.1) is 5.53 Å². The molecule has 116 valence electrons. The normalized spacial score (nSPS) is 10.7. The Morgan fingerprint density at radius 2 is 2.13 bits per heavy atom. The summed E-state index contributed by atoms with van der Waals surface area (Å²) in [5.74, 6) is 0. The number of fused-ring (bicyclic) bond motifs is 1. The first-order valence-electron chi connectivity index (χ1n) is 6.69. The summed E-state index contributed by atoms with van der Waals surface area (Å²) in [6.07, 6.45) is 1.48. The third kappa shape index (κ3) is 2.62. The zero-order chi connectivity index (χ0) is 16.6. The van der Waals surface area contributed by atoms with Crippen molar-refractivity contribution in [1.29, 1.82) is 5.53 Å². The summed E-state index contributed by atoms with van der Waals surface area (Å²) >= 11 is 6.16. The lowest BCUT2D eigenvalue weighted by atomic mass is 10.2. The van der Waals surface area contributed by atoms with Crippen molar-refractivity contribution in [3.05, 3.63) is 52.0 Å². The predicted molar refractivity (Wildman–Crippen MR) is 90.9 cm³/mol. The summed E-state index contributed by atoms with van der Waals surface area (Å²) in [4.78, 5) is 16.4. The average molecular weight is 329 g/mol. The zero-order valence-electron chi connectivity index (χ0n) is 12.2. The number of nitrogens with zero attached hydrogens (tertiary/aromatic N) is 3. The van der Waals surface area contributed by atoms with Gasteiger partial charge in [-0.15, -0.1) is 0 Å². The van der Waals surface area contributed by atoms with E-state index in [9.17, 15) is 4.79 Å². The van der Waals surface area contributed by atoms with Gasteiger partial charge in [0.15, 0.2) is 0 Å². The van der Waals surface area contributed by atoms with Crippen molar-refractivity contribution in [3.8, 4) is 0 Å². The molecule has 4 N–H and O–H groups in total. The lowest BCUT2D eigenvalue weighted by molar-refractivity contribution is 0.843. The van der Waals surface area contributed by atoms with Crippen LogP contribution in [0.2, 0.25) is 5.02 Å². The van der Waals surface area contributed by atoms with Crippen molar-refractivity contribution in [2.24, 2.45) is 12.2 Å². The fourth-order valence-corrected chi connectivity index (χ4v) is 2.45. The van der Waals surface area contributed by atoms with E-state index in [1.54, 1.807) is 37.4 Å². The summed E-state index contributed by atoms with van der Waals surface area (Å²) in [6.45, 7) is 0. The fraction of sp³-hybridized carbons (Fsp3) is 0.0667. The summed E-state index contributed by atoms with van der Waals surface area (Å²) in [5.41, 5.74) is 15.2. The number of nitrogen functional groups attached to an aromatic ring is 1. The molecule has 1 heterocycles. The highest BCUT2D eigenvalue weighted by Gasteiger charge is 2.11. The van der Waals surface area contributed by atoms with Gasteiger partial charge in [0.25, 0.3) is 5.56 Å². The zero-order valence-corrected chi connectivity index (χ0v) is 12.9. The van der Waals surface area contributed by atoms with Gasteiger partial charge in [0.1, 0.15) is 5.69 Å². The van der Waals surface area contributed by atoms with Crippen molar-refractivity contribution in [2.45, 2.75) is 0 Å². The number of benzene rings is 2. The predicted octanol–water partition coefficient (Wildman–Crippen LogP) is 3.58. The van der Waals surface area contributed by atoms with Crippen LogP contribution in [0.3, 0.4) is 0 Å². The van der Waals surface area contributed by atoms with E-state index in [1.165, 1.54) is 10.9 Å². The molecule has 0 bridgehead atoms. The van der Waals surface area contributed by atoms with Crippen molar-refractivity contribution >= 4 is 45.3 Å². The first kappa shape index (κ1) is 15.0. The monoisotopic (exact) mass is 328 g/mol. The molecule has 3 aromatic rings. The maximum absolute atomic E-state index is 12.2. The van der Waals surface area contributed by atoms with E-state index < -0.39 is 0 Å². The van der Waals surface area contributed by atoms with Crippen LogP contribution in [0.5, 0.6) is 0 Å². The minimum absolute atomic E-state index is 0.146. The second kappa shape index (κ2) is 5.69. The molecule has 0 saturated heterocycles. The lowest BCUT2D eigenvalue weighted by Gasteiger charge is -2.13. The second-order valence-corrected chi connectivity index (χ2v) is 5.39. The topological polar surface area (TPSA) is 109 Å². The van der Waals surface area contributed by atoms with Crippen molar-refractivity contribution in [3.63, 3.8) is 0 Å². The SMILES string of the molecule is Cn1cnc2ccc(Nc3c(Cl)ccc(N=N)c3N)cc2c1=O. The number of halogens is 1. The van der Waals surface area contributed by atoms with E-state index in [-0.39, 0.29) is 11.2 Å². The average Bonchev–Trinajstić information content (AvgIpc) is 2.55. The van der Waals surface area contributed by atoms with Crippen molar-refractivity contribution in [1.82, 2.24) is 9.55 Å². The molecule has 7 nitrogen and oxygen atoms in total. The minimum Gasteiger partial charge on any atom is -0.395 e. The summed E-state index contributed by atoms with van der Waals surface area (Å²) in [5, 5.41) is 7.31. The van der Waals surface area contributed by atoms with E-state index in [2.05, 4.69) is 15.4 Å². The van der Waals surface area contributed by atoms with Gasteiger partial charge in [-0.25, -0.2) is 10.5 Å². The van der Waals surface area contributed by atoms with Crippen LogP contribution in [0.15, 0.2) is 46.6 Å². The quantitative estimate of drug-likeness (QED) is 0.504. The molecule has 0 spiro atoms. The molecule has 0 saturated carbocycles. The second-order valence-electron chi connectivity index (χ2n) is 4.98. The lowest BCUT2D eigenvalue weighted by Crippen LogP contribution is -2.16. The highest BCUT2D eigenvalue weighted by molar-refractivity contribution is 6.34. The maximum atomic E-state index is 12.2. The molecular formula is C15H13ClN6O. The Morgan fingerprint density at radius 1 is 1.35 bits per heavy atom. The van der Waals surface area contributed by atoms with Crippen LogP contribution in [0.1, 0.15) is 0 Å². The van der Waals surface area contributed by atoms with Gasteiger partial charge in [0.05, 0.1) is 33.6 Å². The molecule has 8 heteroatoms. The van der Waals surface area contributed by atoms with E-state index in [0.717, 1.165) is 0 Å². The van der Waals surface area contributed by atoms with Gasteiger partial charge in [-0.2, -0.15) is 5.11 Å². The van der Waals surface area contributed by atoms with Crippen molar-refractivity contribution < 1.29 is 0 Å². The van der Waals surface area contributed by atoms with Crippen LogP contribution in [-0.2, 0) is 7.05 Å². The highest BCUT2D eigenvalue weighted by Crippen LogP contribution is 2.37. The number of nitrogens with two attached hydrogens (primary N) is 1. The molecular weight excluding hydrogens is 316 g/mol. The Kier molecular flexibility index (Phi) is 3.71. The molecule has 1 aromatic heterocycles. The number of nitrogens with one attached hydrogen (secondary N) is 2. The van der Waals surface area contributed by atoms with E-state index in [4.69, 9.17) is 22.9 Å². The summed E-state index contributed by atoms with van der Waals surface area (Å²) in [6, 6.07) is 8.37. The van der Waals surface area contributed by atoms with Crippen LogP contribution < -0.4 is 16.6 Å². The third-order valence-electron chi connectivity index (χ3n) is 3.48. The Labute approximate surface area is 136 Å². The number of aryl methyl sites for hydroxylation is 1. The molecule has 2 aromatic carbocycles. The van der Waals surface area contributed by atoms with Gasteiger partial charge in [-0.05, 0) is 30.3 Å². The van der Waals surface area contributed by atoms with Crippen LogP contribution in [0.25, 0.3) is 10.9 Å². The highest BCUT2D eigenvalue weighted by atomic mass is 35.5. The number of aromatic nitrogens is 2. The molecule has 0 radical (unpaired) electrons. The molecule has 0 fully saturated rings. The van der Waals surface area contributed by atoms with Gasteiger partial charge in [-0.3, -0.25) is 4.79 Å². The fourth-order valence-electron chi connectivity index (χ4n) is 2.24. The Morgan fingerprint density at radius 3 is 2.87 bits per heavy atom. The summed E-state index contributed by atoms with van der Waals surface area (Å²) in [7, 11) is 1.64. The largest absolute Gasteiger partial charge is 0.395 e. The van der Waals surface area contributed by atoms with Gasteiger partial charge in [0, 0.05) is 12.7 Å². The van der Waals surface area contributed by atoms with Gasteiger partial charge < -0.3 is 15.6 Å². The van der Waals surface area contributed by atoms with E-state index in [0.29, 0.717) is 33.0 Å². The Bertz CT molecular complexity index is 982. The Balaban J connectivity index is 2.11. The van der Waals surface area contributed by atoms with Crippen molar-refractivity contribution in [2.75, 3.05) is 11.1 Å². The number of hydrogen-bond acceptors (Lipinski definition) is 6. The van der Waals surface area contributed by atoms with Gasteiger partial charge in [-0.1, -0.05) is 11.6 Å². The Hall–Kier alpha value is -2.93. The molecule has 0 amide bonds. The van der Waals surface area contributed by atoms with Crippen LogP contribution >= 0.6 is 11.6 Å². The summed E-state index contributed by atoms with van der Waals surface area (Å²) < 4.78 is 1.41. The molecule has 0 unspecified atom stereocenters. The molecule has 3 rings (SSSR count).